The van der Waals surface area contributed by atoms with Crippen LogP contribution < -0.4 is 10.1 Å². The molecule has 2 aromatic rings. The molecule has 2 aromatic carbocycles. The van der Waals surface area contributed by atoms with E-state index >= 15 is 0 Å². The van der Waals surface area contributed by atoms with Crippen molar-refractivity contribution in [2.24, 2.45) is 0 Å². The van der Waals surface area contributed by atoms with Gasteiger partial charge >= 0.3 is 5.97 Å². The van der Waals surface area contributed by atoms with Gasteiger partial charge in [-0.05, 0) is 29.8 Å². The van der Waals surface area contributed by atoms with Gasteiger partial charge in [0.2, 0.25) is 5.91 Å². The molecule has 5 nitrogen and oxygen atoms in total. The van der Waals surface area contributed by atoms with Gasteiger partial charge in [-0.15, -0.1) is 0 Å². The number of carbonyl (C=O) groups is 2. The third-order valence-electron chi connectivity index (χ3n) is 3.82. The first-order chi connectivity index (χ1) is 12.4. The van der Waals surface area contributed by atoms with Gasteiger partial charge in [0.25, 0.3) is 0 Å². The second-order valence-corrected chi connectivity index (χ2v) is 5.57. The van der Waals surface area contributed by atoms with Gasteiger partial charge in [-0.25, -0.2) is 13.6 Å². The second kappa shape index (κ2) is 8.94. The van der Waals surface area contributed by atoms with Crippen LogP contribution in [0, 0.1) is 11.6 Å². The average molecular weight is 363 g/mol. The summed E-state index contributed by atoms with van der Waals surface area (Å²) in [5, 5.41) is 2.47. The standard InChI is InChI=1S/C19H19F2NO4/c1-25-13-8-6-12(7-9-13)10-17(19(24)26-2)22-18(23)11-14-15(20)4-3-5-16(14)21/h3-9,17H,10-11H2,1-2H3,(H,22,23)/t17-/m0/s1. The summed E-state index contributed by atoms with van der Waals surface area (Å²) in [6, 6.07) is 9.32. The van der Waals surface area contributed by atoms with Crippen molar-refractivity contribution in [3.8, 4) is 5.75 Å². The van der Waals surface area contributed by atoms with E-state index in [0.717, 1.165) is 17.7 Å². The quantitative estimate of drug-likeness (QED) is 0.768. The topological polar surface area (TPSA) is 64.6 Å². The van der Waals surface area contributed by atoms with Crippen LogP contribution in [0.25, 0.3) is 0 Å². The van der Waals surface area contributed by atoms with Crippen LogP contribution >= 0.6 is 0 Å². The number of methoxy groups -OCH3 is 2. The van der Waals surface area contributed by atoms with Crippen LogP contribution in [0.3, 0.4) is 0 Å². The molecule has 0 bridgehead atoms. The summed E-state index contributed by atoms with van der Waals surface area (Å²) in [6.45, 7) is 0. The molecule has 1 N–H and O–H groups in total. The fraction of sp³-hybridized carbons (Fsp3) is 0.263. The first-order valence-corrected chi connectivity index (χ1v) is 7.87. The summed E-state index contributed by atoms with van der Waals surface area (Å²) in [5.41, 5.74) is 0.414. The summed E-state index contributed by atoms with van der Waals surface area (Å²) in [4.78, 5) is 24.1. The van der Waals surface area contributed by atoms with E-state index in [0.29, 0.717) is 5.75 Å². The molecule has 1 atom stereocenters. The third kappa shape index (κ3) is 5.02. The van der Waals surface area contributed by atoms with Crippen molar-refractivity contribution in [1.29, 1.82) is 0 Å². The van der Waals surface area contributed by atoms with Crippen LogP contribution in [0.5, 0.6) is 5.75 Å². The predicted molar refractivity (Wildman–Crippen MR) is 90.7 cm³/mol. The molecule has 0 aliphatic heterocycles. The third-order valence-corrected chi connectivity index (χ3v) is 3.82. The number of rotatable bonds is 7. The Labute approximate surface area is 149 Å². The second-order valence-electron chi connectivity index (χ2n) is 5.57. The molecule has 0 unspecified atom stereocenters. The number of amides is 1. The summed E-state index contributed by atoms with van der Waals surface area (Å²) in [5.74, 6) is -2.31. The summed E-state index contributed by atoms with van der Waals surface area (Å²) in [6.07, 6.45) is -0.350. The van der Waals surface area contributed by atoms with Crippen LogP contribution in [-0.2, 0) is 27.2 Å². The van der Waals surface area contributed by atoms with Crippen molar-refractivity contribution in [1.82, 2.24) is 5.32 Å². The maximum Gasteiger partial charge on any atom is 0.328 e. The molecule has 26 heavy (non-hydrogen) atoms. The number of hydrogen-bond donors (Lipinski definition) is 1. The van der Waals surface area contributed by atoms with Gasteiger partial charge < -0.3 is 14.8 Å². The van der Waals surface area contributed by atoms with E-state index in [-0.39, 0.29) is 12.0 Å². The minimum atomic E-state index is -0.976. The van der Waals surface area contributed by atoms with E-state index in [4.69, 9.17) is 9.47 Å². The van der Waals surface area contributed by atoms with Crippen molar-refractivity contribution < 1.29 is 27.8 Å². The van der Waals surface area contributed by atoms with E-state index in [1.165, 1.54) is 20.3 Å². The fourth-order valence-corrected chi connectivity index (χ4v) is 2.44. The van der Waals surface area contributed by atoms with Gasteiger partial charge in [0.05, 0.1) is 20.6 Å². The molecule has 0 fully saturated rings. The Bertz CT molecular complexity index is 757. The lowest BCUT2D eigenvalue weighted by Gasteiger charge is -2.17. The molecule has 0 spiro atoms. The highest BCUT2D eigenvalue weighted by Gasteiger charge is 2.23. The summed E-state index contributed by atoms with van der Waals surface area (Å²) < 4.78 is 37.1. The van der Waals surface area contributed by atoms with E-state index in [9.17, 15) is 18.4 Å². The molecular formula is C19H19F2NO4. The lowest BCUT2D eigenvalue weighted by molar-refractivity contribution is -0.145. The molecular weight excluding hydrogens is 344 g/mol. The average Bonchev–Trinajstić information content (AvgIpc) is 2.64. The van der Waals surface area contributed by atoms with Gasteiger partial charge in [-0.2, -0.15) is 0 Å². The number of nitrogens with one attached hydrogen (secondary N) is 1. The molecule has 0 aliphatic rings. The number of hydrogen-bond acceptors (Lipinski definition) is 4. The number of halogens is 2. The largest absolute Gasteiger partial charge is 0.497 e. The van der Waals surface area contributed by atoms with Gasteiger partial charge in [-0.1, -0.05) is 18.2 Å². The van der Waals surface area contributed by atoms with Gasteiger partial charge in [-0.3, -0.25) is 4.79 Å². The van der Waals surface area contributed by atoms with Crippen LogP contribution in [0.1, 0.15) is 11.1 Å². The number of ether oxygens (including phenoxy) is 2. The fourth-order valence-electron chi connectivity index (χ4n) is 2.44. The Hall–Kier alpha value is -2.96. The number of carbonyl (C=O) groups excluding carboxylic acids is 2. The maximum atomic E-state index is 13.7. The van der Waals surface area contributed by atoms with Crippen molar-refractivity contribution in [3.63, 3.8) is 0 Å². The zero-order valence-corrected chi connectivity index (χ0v) is 14.4. The van der Waals surface area contributed by atoms with Crippen LogP contribution in [0.4, 0.5) is 8.78 Å². The molecule has 0 heterocycles. The Morgan fingerprint density at radius 2 is 1.65 bits per heavy atom. The van der Waals surface area contributed by atoms with Crippen molar-refractivity contribution in [2.75, 3.05) is 14.2 Å². The molecule has 0 aliphatic carbocycles. The van der Waals surface area contributed by atoms with E-state index in [2.05, 4.69) is 5.32 Å². The summed E-state index contributed by atoms with van der Waals surface area (Å²) in [7, 11) is 2.74. The van der Waals surface area contributed by atoms with Crippen LogP contribution in [0.2, 0.25) is 0 Å². The van der Waals surface area contributed by atoms with Gasteiger partial charge in [0.1, 0.15) is 23.4 Å². The molecule has 1 amide bonds. The molecule has 2 rings (SSSR count). The van der Waals surface area contributed by atoms with E-state index < -0.39 is 36.0 Å². The van der Waals surface area contributed by atoms with Gasteiger partial charge in [0, 0.05) is 12.0 Å². The van der Waals surface area contributed by atoms with Crippen LogP contribution in [0.15, 0.2) is 42.5 Å². The molecule has 0 saturated carbocycles. The molecule has 138 valence electrons. The zero-order valence-electron chi connectivity index (χ0n) is 14.4. The van der Waals surface area contributed by atoms with Crippen LogP contribution in [-0.4, -0.2) is 32.1 Å². The van der Waals surface area contributed by atoms with Gasteiger partial charge in [0.15, 0.2) is 0 Å². The first-order valence-electron chi connectivity index (χ1n) is 7.87. The van der Waals surface area contributed by atoms with Crippen molar-refractivity contribution in [2.45, 2.75) is 18.9 Å². The summed E-state index contributed by atoms with van der Waals surface area (Å²) >= 11 is 0. The smallest absolute Gasteiger partial charge is 0.328 e. The SMILES string of the molecule is COC(=O)[C@H](Cc1ccc(OC)cc1)NC(=O)Cc1c(F)cccc1F. The van der Waals surface area contributed by atoms with Crippen molar-refractivity contribution in [3.05, 3.63) is 65.2 Å². The van der Waals surface area contributed by atoms with E-state index in [1.54, 1.807) is 24.3 Å². The lowest BCUT2D eigenvalue weighted by atomic mass is 10.0. The maximum absolute atomic E-state index is 13.7. The monoisotopic (exact) mass is 363 g/mol. The predicted octanol–water partition coefficient (Wildman–Crippen LogP) is 2.42. The molecule has 7 heteroatoms. The number of esters is 1. The highest BCUT2D eigenvalue weighted by molar-refractivity contribution is 5.85. The van der Waals surface area contributed by atoms with E-state index in [1.807, 2.05) is 0 Å². The normalized spacial score (nSPS) is 11.5. The highest BCUT2D eigenvalue weighted by Crippen LogP contribution is 2.15. The Morgan fingerprint density at radius 1 is 1.04 bits per heavy atom. The minimum absolute atomic E-state index is 0.169. The molecule has 0 radical (unpaired) electrons. The lowest BCUT2D eigenvalue weighted by Crippen LogP contribution is -2.43. The number of benzene rings is 2. The molecule has 0 aromatic heterocycles. The zero-order chi connectivity index (χ0) is 19.1. The Balaban J connectivity index is 2.09. The van der Waals surface area contributed by atoms with Crippen molar-refractivity contribution >= 4 is 11.9 Å². The Morgan fingerprint density at radius 3 is 2.19 bits per heavy atom. The molecule has 0 saturated heterocycles. The minimum Gasteiger partial charge on any atom is -0.497 e. The first kappa shape index (κ1) is 19.4. The Kier molecular flexibility index (Phi) is 6.66. The highest BCUT2D eigenvalue weighted by atomic mass is 19.1.